The van der Waals surface area contributed by atoms with Crippen LogP contribution in [0.4, 0.5) is 0 Å². The molecule has 0 atom stereocenters. The molecule has 0 N–H and O–H groups in total. The zero-order valence-electron chi connectivity index (χ0n) is 17.3. The first-order chi connectivity index (χ1) is 13.6. The first-order valence-electron chi connectivity index (χ1n) is 10.4. The number of carbonyl (C=O) groups is 1. The van der Waals surface area contributed by atoms with Crippen molar-refractivity contribution < 1.29 is 26.3 Å². The van der Waals surface area contributed by atoms with Crippen LogP contribution in [0.15, 0.2) is 60.8 Å². The summed E-state index contributed by atoms with van der Waals surface area (Å²) in [6.07, 6.45) is 6.85. The number of Topliss-reactive ketones (excluding diaryl/α,β-unsaturated/α-hetero) is 1. The van der Waals surface area contributed by atoms with E-state index < -0.39 is 0 Å². The number of nitrogens with zero attached hydrogens (tertiary/aromatic N) is 2. The largest absolute Gasteiger partial charge is 1.00 e. The van der Waals surface area contributed by atoms with Gasteiger partial charge >= 0.3 is 0 Å². The fourth-order valence-corrected chi connectivity index (χ4v) is 4.12. The Morgan fingerprint density at radius 3 is 2.41 bits per heavy atom. The number of benzene rings is 2. The molecule has 2 aromatic carbocycles. The first-order valence-corrected chi connectivity index (χ1v) is 10.4. The highest BCUT2D eigenvalue weighted by molar-refractivity contribution is 5.95. The van der Waals surface area contributed by atoms with Crippen LogP contribution >= 0.6 is 0 Å². The van der Waals surface area contributed by atoms with Crippen LogP contribution in [-0.4, -0.2) is 10.4 Å². The van der Waals surface area contributed by atoms with E-state index in [2.05, 4.69) is 65.6 Å². The van der Waals surface area contributed by atoms with Crippen molar-refractivity contribution in [3.8, 4) is 11.3 Å². The van der Waals surface area contributed by atoms with E-state index in [1.54, 1.807) is 0 Å². The third-order valence-corrected chi connectivity index (χ3v) is 5.78. The topological polar surface area (TPSA) is 25.9 Å². The summed E-state index contributed by atoms with van der Waals surface area (Å²) in [5.74, 6) is 1.94. The Morgan fingerprint density at radius 1 is 1.00 bits per heavy atom. The molecular formula is C25H29BrN2O. The highest BCUT2D eigenvalue weighted by atomic mass is 79.9. The summed E-state index contributed by atoms with van der Waals surface area (Å²) in [4.78, 5) is 13.0. The van der Waals surface area contributed by atoms with Crippen LogP contribution in [0.3, 0.4) is 0 Å². The average molecular weight is 453 g/mol. The Morgan fingerprint density at radius 2 is 1.72 bits per heavy atom. The quantitative estimate of drug-likeness (QED) is 0.430. The molecule has 0 aliphatic carbocycles. The summed E-state index contributed by atoms with van der Waals surface area (Å²) >= 11 is 0. The lowest BCUT2D eigenvalue weighted by Gasteiger charge is -2.06. The van der Waals surface area contributed by atoms with Gasteiger partial charge in [0.1, 0.15) is 6.20 Å². The number of hydrogen-bond acceptors (Lipinski definition) is 1. The lowest BCUT2D eigenvalue weighted by atomic mass is 10.0. The number of halogens is 1. The molecule has 0 unspecified atom stereocenters. The molecule has 3 nitrogen and oxygen atoms in total. The molecule has 0 saturated carbocycles. The van der Waals surface area contributed by atoms with Crippen LogP contribution < -0.4 is 21.5 Å². The number of imidazole rings is 1. The van der Waals surface area contributed by atoms with Crippen molar-refractivity contribution in [3.05, 3.63) is 77.7 Å². The average Bonchev–Trinajstić information content (AvgIpc) is 2.89. The van der Waals surface area contributed by atoms with Crippen molar-refractivity contribution in [2.75, 3.05) is 0 Å². The van der Waals surface area contributed by atoms with Gasteiger partial charge in [0.05, 0.1) is 6.54 Å². The molecule has 0 amide bonds. The molecule has 152 valence electrons. The van der Waals surface area contributed by atoms with Gasteiger partial charge in [0.25, 0.3) is 5.82 Å². The summed E-state index contributed by atoms with van der Waals surface area (Å²) in [5.41, 5.74) is 4.51. The molecule has 4 heteroatoms. The molecule has 0 radical (unpaired) electrons. The smallest absolute Gasteiger partial charge is 0.257 e. The van der Waals surface area contributed by atoms with E-state index in [1.807, 2.05) is 18.2 Å². The highest BCUT2D eigenvalue weighted by Gasteiger charge is 2.27. The summed E-state index contributed by atoms with van der Waals surface area (Å²) in [6, 6.07) is 18.6. The second kappa shape index (κ2) is 9.53. The predicted molar refractivity (Wildman–Crippen MR) is 112 cm³/mol. The zero-order chi connectivity index (χ0) is 19.5. The SMILES string of the molecule is CC(C)c1ccc(C(=O)C[n+]2cc(-c3ccccc3)n3c2CCCCC3)cc1.[Br-]. The number of aromatic nitrogens is 2. The summed E-state index contributed by atoms with van der Waals surface area (Å²) < 4.78 is 4.61. The Balaban J connectivity index is 0.00000240. The van der Waals surface area contributed by atoms with Crippen molar-refractivity contribution >= 4 is 5.78 Å². The minimum Gasteiger partial charge on any atom is -1.00 e. The molecule has 0 spiro atoms. The Kier molecular flexibility index (Phi) is 7.07. The van der Waals surface area contributed by atoms with E-state index >= 15 is 0 Å². The normalized spacial score (nSPS) is 13.5. The van der Waals surface area contributed by atoms with Crippen LogP contribution in [0.1, 0.15) is 60.8 Å². The van der Waals surface area contributed by atoms with Crippen LogP contribution in [0.5, 0.6) is 0 Å². The fraction of sp³-hybridized carbons (Fsp3) is 0.360. The molecule has 29 heavy (non-hydrogen) atoms. The fourth-order valence-electron chi connectivity index (χ4n) is 4.12. The van der Waals surface area contributed by atoms with E-state index in [4.69, 9.17) is 0 Å². The van der Waals surface area contributed by atoms with Gasteiger partial charge in [-0.15, -0.1) is 0 Å². The van der Waals surface area contributed by atoms with Gasteiger partial charge in [0.2, 0.25) is 5.78 Å². The molecule has 1 aromatic heterocycles. The molecule has 0 bridgehead atoms. The molecule has 0 saturated heterocycles. The van der Waals surface area contributed by atoms with Gasteiger partial charge in [0, 0.05) is 17.5 Å². The molecule has 3 aromatic rings. The van der Waals surface area contributed by atoms with Gasteiger partial charge in [-0.3, -0.25) is 4.79 Å². The summed E-state index contributed by atoms with van der Waals surface area (Å²) in [6.45, 7) is 5.79. The molecular weight excluding hydrogens is 424 g/mol. The lowest BCUT2D eigenvalue weighted by Crippen LogP contribution is -3.00. The number of fused-ring (bicyclic) bond motifs is 1. The first kappa shape index (κ1) is 21.5. The van der Waals surface area contributed by atoms with Crippen molar-refractivity contribution in [1.82, 2.24) is 4.57 Å². The van der Waals surface area contributed by atoms with Crippen molar-refractivity contribution in [2.45, 2.75) is 58.5 Å². The standard InChI is InChI=1S/C25H29N2O.BrH/c1-19(2)20-12-14-22(15-13-20)24(28)18-26-17-23(21-9-5-3-6-10-21)27-16-8-4-7-11-25(26)27;/h3,5-6,9-10,12-15,17,19H,4,7-8,11,16,18H2,1-2H3;1H/q+1;/p-1. The maximum atomic E-state index is 13.0. The van der Waals surface area contributed by atoms with E-state index in [1.165, 1.54) is 41.9 Å². The maximum absolute atomic E-state index is 13.0. The number of hydrogen-bond donors (Lipinski definition) is 0. The van der Waals surface area contributed by atoms with Gasteiger partial charge in [-0.25, -0.2) is 9.13 Å². The van der Waals surface area contributed by atoms with Crippen LogP contribution in [-0.2, 0) is 19.5 Å². The predicted octanol–water partition coefficient (Wildman–Crippen LogP) is 2.18. The molecule has 2 heterocycles. The lowest BCUT2D eigenvalue weighted by molar-refractivity contribution is -0.690. The van der Waals surface area contributed by atoms with Crippen molar-refractivity contribution in [1.29, 1.82) is 0 Å². The summed E-state index contributed by atoms with van der Waals surface area (Å²) in [5, 5.41) is 0. The second-order valence-corrected chi connectivity index (χ2v) is 8.09. The van der Waals surface area contributed by atoms with E-state index in [9.17, 15) is 4.79 Å². The number of rotatable bonds is 5. The Labute approximate surface area is 184 Å². The molecule has 1 aliphatic heterocycles. The highest BCUT2D eigenvalue weighted by Crippen LogP contribution is 2.24. The Bertz CT molecular complexity index is 958. The number of ketones is 1. The third kappa shape index (κ3) is 4.69. The molecule has 0 fully saturated rings. The van der Waals surface area contributed by atoms with Crippen molar-refractivity contribution in [3.63, 3.8) is 0 Å². The second-order valence-electron chi connectivity index (χ2n) is 8.09. The monoisotopic (exact) mass is 452 g/mol. The van der Waals surface area contributed by atoms with Crippen LogP contribution in [0.25, 0.3) is 11.3 Å². The van der Waals surface area contributed by atoms with E-state index in [-0.39, 0.29) is 22.8 Å². The van der Waals surface area contributed by atoms with Crippen LogP contribution in [0, 0.1) is 0 Å². The minimum atomic E-state index is 0. The number of carbonyl (C=O) groups excluding carboxylic acids is 1. The van der Waals surface area contributed by atoms with Gasteiger partial charge in [-0.05, 0) is 30.7 Å². The van der Waals surface area contributed by atoms with Gasteiger partial charge in [-0.1, -0.05) is 68.4 Å². The maximum Gasteiger partial charge on any atom is 0.257 e. The van der Waals surface area contributed by atoms with Gasteiger partial charge < -0.3 is 17.0 Å². The Hall–Kier alpha value is -2.20. The van der Waals surface area contributed by atoms with Crippen LogP contribution in [0.2, 0.25) is 0 Å². The van der Waals surface area contributed by atoms with Gasteiger partial charge in [-0.2, -0.15) is 0 Å². The van der Waals surface area contributed by atoms with Crippen molar-refractivity contribution in [2.24, 2.45) is 0 Å². The summed E-state index contributed by atoms with van der Waals surface area (Å²) in [7, 11) is 0. The van der Waals surface area contributed by atoms with Gasteiger partial charge in [0.15, 0.2) is 12.2 Å². The van der Waals surface area contributed by atoms with E-state index in [0.29, 0.717) is 12.5 Å². The molecule has 1 aliphatic rings. The minimum absolute atomic E-state index is 0. The zero-order valence-corrected chi connectivity index (χ0v) is 18.9. The third-order valence-electron chi connectivity index (χ3n) is 5.78. The van der Waals surface area contributed by atoms with E-state index in [0.717, 1.165) is 18.5 Å². The molecule has 4 rings (SSSR count).